The largest absolute Gasteiger partial charge is 0.484 e. The molecule has 0 fully saturated rings. The molecule has 1 aromatic carbocycles. The van der Waals surface area contributed by atoms with Crippen LogP contribution in [0.25, 0.3) is 0 Å². The number of rotatable bonds is 5. The molecule has 8 heteroatoms. The summed E-state index contributed by atoms with van der Waals surface area (Å²) >= 11 is 0. The van der Waals surface area contributed by atoms with Crippen molar-refractivity contribution in [2.75, 3.05) is 11.9 Å². The maximum atomic E-state index is 11.9. The van der Waals surface area contributed by atoms with Gasteiger partial charge in [0.25, 0.3) is 0 Å². The number of carboxylic acids is 1. The highest BCUT2D eigenvalue weighted by atomic mass is 19.4. The maximum Gasteiger partial charge on any atom is 0.422 e. The van der Waals surface area contributed by atoms with Gasteiger partial charge >= 0.3 is 12.1 Å². The number of benzene rings is 1. The van der Waals surface area contributed by atoms with Gasteiger partial charge in [-0.05, 0) is 24.3 Å². The maximum absolute atomic E-state index is 11.9. The smallest absolute Gasteiger partial charge is 0.422 e. The van der Waals surface area contributed by atoms with E-state index < -0.39 is 24.7 Å². The van der Waals surface area contributed by atoms with E-state index in [1.165, 1.54) is 24.3 Å². The minimum atomic E-state index is -4.42. The van der Waals surface area contributed by atoms with Gasteiger partial charge in [0.05, 0.1) is 0 Å². The Balaban J connectivity index is 2.54. The Kier molecular flexibility index (Phi) is 5.13. The Morgan fingerprint density at radius 1 is 1.20 bits per heavy atom. The monoisotopic (exact) mass is 289 g/mol. The molecule has 0 saturated carbocycles. The summed E-state index contributed by atoms with van der Waals surface area (Å²) in [6, 6.07) is 5.17. The number of carboxylic acid groups (broad SMARTS) is 1. The van der Waals surface area contributed by atoms with Gasteiger partial charge in [-0.25, -0.2) is 4.79 Å². The number of amides is 1. The van der Waals surface area contributed by atoms with Crippen LogP contribution >= 0.6 is 0 Å². The quantitative estimate of drug-likeness (QED) is 0.815. The van der Waals surface area contributed by atoms with Gasteiger partial charge < -0.3 is 15.2 Å². The summed E-state index contributed by atoms with van der Waals surface area (Å²) in [5.41, 5.74) is 0.296. The number of halogens is 3. The highest BCUT2D eigenvalue weighted by molar-refractivity contribution is 6.02. The summed E-state index contributed by atoms with van der Waals surface area (Å²) in [6.07, 6.45) is -2.94. The molecule has 0 unspecified atom stereocenters. The first kappa shape index (κ1) is 15.5. The zero-order valence-electron chi connectivity index (χ0n) is 9.98. The fourth-order valence-electron chi connectivity index (χ4n) is 1.13. The summed E-state index contributed by atoms with van der Waals surface area (Å²) in [5, 5.41) is 10.6. The molecule has 0 aromatic heterocycles. The number of alkyl halides is 3. The summed E-state index contributed by atoms with van der Waals surface area (Å²) in [7, 11) is 0. The summed E-state index contributed by atoms with van der Waals surface area (Å²) in [5.74, 6) is -1.94. The number of aliphatic carboxylic acids is 1. The van der Waals surface area contributed by atoms with Crippen LogP contribution in [0.1, 0.15) is 0 Å². The van der Waals surface area contributed by atoms with Crippen LogP contribution in [0.4, 0.5) is 18.9 Å². The van der Waals surface area contributed by atoms with Crippen molar-refractivity contribution in [3.05, 3.63) is 36.4 Å². The zero-order chi connectivity index (χ0) is 15.2. The Hall–Kier alpha value is -2.51. The molecule has 0 spiro atoms. The molecule has 0 bridgehead atoms. The third kappa shape index (κ3) is 6.43. The Morgan fingerprint density at radius 2 is 1.80 bits per heavy atom. The van der Waals surface area contributed by atoms with E-state index >= 15 is 0 Å². The van der Waals surface area contributed by atoms with Crippen molar-refractivity contribution < 1.29 is 32.6 Å². The van der Waals surface area contributed by atoms with Crippen LogP contribution in [-0.2, 0) is 9.59 Å². The fourth-order valence-corrected chi connectivity index (χ4v) is 1.13. The molecule has 1 aromatic rings. The van der Waals surface area contributed by atoms with Crippen LogP contribution in [0, 0.1) is 0 Å². The molecule has 0 atom stereocenters. The standard InChI is InChI=1S/C12H10F3NO4/c13-12(14,15)7-20-9-3-1-8(2-4-9)16-10(17)5-6-11(18)19/h1-6H,7H2,(H,16,17)(H,18,19)/b6-5+. The molecule has 0 radical (unpaired) electrons. The van der Waals surface area contributed by atoms with E-state index in [2.05, 4.69) is 10.1 Å². The lowest BCUT2D eigenvalue weighted by atomic mass is 10.3. The van der Waals surface area contributed by atoms with Crippen molar-refractivity contribution in [3.63, 3.8) is 0 Å². The molecule has 0 aliphatic rings. The molecule has 20 heavy (non-hydrogen) atoms. The van der Waals surface area contributed by atoms with Crippen molar-refractivity contribution in [3.8, 4) is 5.75 Å². The van der Waals surface area contributed by atoms with E-state index in [0.29, 0.717) is 11.8 Å². The van der Waals surface area contributed by atoms with Crippen molar-refractivity contribution in [2.24, 2.45) is 0 Å². The van der Waals surface area contributed by atoms with Gasteiger partial charge in [-0.2, -0.15) is 13.2 Å². The molecule has 0 heterocycles. The van der Waals surface area contributed by atoms with Crippen LogP contribution in [0.3, 0.4) is 0 Å². The van der Waals surface area contributed by atoms with E-state index in [1.54, 1.807) is 0 Å². The molecule has 5 nitrogen and oxygen atoms in total. The Labute approximate surface area is 111 Å². The van der Waals surface area contributed by atoms with Crippen molar-refractivity contribution in [1.29, 1.82) is 0 Å². The Bertz CT molecular complexity index is 508. The molecule has 0 aliphatic carbocycles. The molecule has 0 aliphatic heterocycles. The van der Waals surface area contributed by atoms with Crippen LogP contribution in [0.5, 0.6) is 5.75 Å². The third-order valence-electron chi connectivity index (χ3n) is 1.90. The number of anilines is 1. The van der Waals surface area contributed by atoms with Crippen molar-refractivity contribution in [2.45, 2.75) is 6.18 Å². The van der Waals surface area contributed by atoms with E-state index in [1.807, 2.05) is 0 Å². The number of carbonyl (C=O) groups excluding carboxylic acids is 1. The van der Waals surface area contributed by atoms with Gasteiger partial charge in [0.2, 0.25) is 5.91 Å². The van der Waals surface area contributed by atoms with Gasteiger partial charge in [0, 0.05) is 17.8 Å². The summed E-state index contributed by atoms with van der Waals surface area (Å²) < 4.78 is 40.2. The first-order chi connectivity index (χ1) is 9.26. The molecular weight excluding hydrogens is 279 g/mol. The minimum absolute atomic E-state index is 0.00130. The van der Waals surface area contributed by atoms with Crippen LogP contribution < -0.4 is 10.1 Å². The van der Waals surface area contributed by atoms with E-state index in [9.17, 15) is 22.8 Å². The first-order valence-electron chi connectivity index (χ1n) is 5.28. The van der Waals surface area contributed by atoms with Crippen LogP contribution in [-0.4, -0.2) is 29.8 Å². The predicted molar refractivity (Wildman–Crippen MR) is 63.4 cm³/mol. The summed E-state index contributed by atoms with van der Waals surface area (Å²) in [6.45, 7) is -1.40. The highest BCUT2D eigenvalue weighted by Crippen LogP contribution is 2.20. The average Bonchev–Trinajstić information content (AvgIpc) is 2.34. The lowest BCUT2D eigenvalue weighted by Gasteiger charge is -2.09. The normalized spacial score (nSPS) is 11.3. The first-order valence-corrected chi connectivity index (χ1v) is 5.28. The second-order valence-corrected chi connectivity index (χ2v) is 3.59. The van der Waals surface area contributed by atoms with Gasteiger partial charge in [0.15, 0.2) is 6.61 Å². The van der Waals surface area contributed by atoms with Crippen LogP contribution in [0.2, 0.25) is 0 Å². The van der Waals surface area contributed by atoms with Gasteiger partial charge in [-0.3, -0.25) is 4.79 Å². The lowest BCUT2D eigenvalue weighted by Crippen LogP contribution is -2.19. The SMILES string of the molecule is O=C(O)/C=C/C(=O)Nc1ccc(OCC(F)(F)F)cc1. The van der Waals surface area contributed by atoms with E-state index in [4.69, 9.17) is 5.11 Å². The number of ether oxygens (including phenoxy) is 1. The average molecular weight is 289 g/mol. The van der Waals surface area contributed by atoms with Gasteiger partial charge in [-0.15, -0.1) is 0 Å². The number of hydrogen-bond donors (Lipinski definition) is 2. The Morgan fingerprint density at radius 3 is 2.30 bits per heavy atom. The van der Waals surface area contributed by atoms with Crippen LogP contribution in [0.15, 0.2) is 36.4 Å². The third-order valence-corrected chi connectivity index (χ3v) is 1.90. The van der Waals surface area contributed by atoms with Gasteiger partial charge in [-0.1, -0.05) is 0 Å². The van der Waals surface area contributed by atoms with Crippen molar-refractivity contribution >= 4 is 17.6 Å². The molecule has 1 amide bonds. The van der Waals surface area contributed by atoms with E-state index in [-0.39, 0.29) is 5.75 Å². The molecule has 2 N–H and O–H groups in total. The van der Waals surface area contributed by atoms with Crippen molar-refractivity contribution in [1.82, 2.24) is 0 Å². The minimum Gasteiger partial charge on any atom is -0.484 e. The molecule has 108 valence electrons. The topological polar surface area (TPSA) is 75.6 Å². The van der Waals surface area contributed by atoms with Gasteiger partial charge in [0.1, 0.15) is 5.75 Å². The molecule has 0 saturated heterocycles. The number of hydrogen-bond acceptors (Lipinski definition) is 3. The predicted octanol–water partition coefficient (Wildman–Crippen LogP) is 2.21. The fraction of sp³-hybridized carbons (Fsp3) is 0.167. The zero-order valence-corrected chi connectivity index (χ0v) is 9.98. The number of nitrogens with one attached hydrogen (secondary N) is 1. The molecule has 1 rings (SSSR count). The summed E-state index contributed by atoms with van der Waals surface area (Å²) in [4.78, 5) is 21.4. The number of carbonyl (C=O) groups is 2. The molecular formula is C12H10F3NO4. The highest BCUT2D eigenvalue weighted by Gasteiger charge is 2.28. The van der Waals surface area contributed by atoms with E-state index in [0.717, 1.165) is 6.08 Å². The second kappa shape index (κ2) is 6.60. The second-order valence-electron chi connectivity index (χ2n) is 3.59. The lowest BCUT2D eigenvalue weighted by molar-refractivity contribution is -0.153.